The SMILES string of the molecule is COc1c(CCCB(O)N=O)ccc(C(=O)NN(CC(C)(C)C)C(=O)c2cc(C)cc(C)c2)c1C. The molecule has 0 aliphatic rings. The third kappa shape index (κ3) is 7.92. The lowest BCUT2D eigenvalue weighted by Gasteiger charge is -2.30. The second-order valence-corrected chi connectivity index (χ2v) is 10.2. The van der Waals surface area contributed by atoms with Crippen molar-refractivity contribution in [3.8, 4) is 5.75 Å². The molecule has 2 aromatic rings. The minimum absolute atomic E-state index is 0.246. The third-order valence-corrected chi connectivity index (χ3v) is 5.55. The fraction of sp³-hybridized carbons (Fsp3) is 0.462. The van der Waals surface area contributed by atoms with Crippen LogP contribution in [0.3, 0.4) is 0 Å². The zero-order valence-corrected chi connectivity index (χ0v) is 21.8. The van der Waals surface area contributed by atoms with Gasteiger partial charge in [-0.15, -0.1) is 5.09 Å². The summed E-state index contributed by atoms with van der Waals surface area (Å²) >= 11 is 0. The van der Waals surface area contributed by atoms with E-state index in [1.807, 2.05) is 52.8 Å². The molecule has 0 aliphatic heterocycles. The Morgan fingerprint density at radius 2 is 1.74 bits per heavy atom. The number of rotatable bonds is 9. The number of ether oxygens (including phenoxy) is 1. The van der Waals surface area contributed by atoms with Gasteiger partial charge in [0.05, 0.1) is 7.11 Å². The summed E-state index contributed by atoms with van der Waals surface area (Å²) in [4.78, 5) is 37.1. The van der Waals surface area contributed by atoms with Gasteiger partial charge >= 0.3 is 7.05 Å². The van der Waals surface area contributed by atoms with Crippen LogP contribution < -0.4 is 10.2 Å². The maximum Gasteiger partial charge on any atom is 0.483 e. The van der Waals surface area contributed by atoms with Gasteiger partial charge in [-0.05, 0) is 62.7 Å². The van der Waals surface area contributed by atoms with E-state index in [1.165, 1.54) is 12.1 Å². The Morgan fingerprint density at radius 3 is 2.29 bits per heavy atom. The van der Waals surface area contributed by atoms with Crippen molar-refractivity contribution in [2.75, 3.05) is 13.7 Å². The quantitative estimate of drug-likeness (QED) is 0.308. The van der Waals surface area contributed by atoms with Gasteiger partial charge in [0.2, 0.25) is 0 Å². The highest BCUT2D eigenvalue weighted by Gasteiger charge is 2.26. The summed E-state index contributed by atoms with van der Waals surface area (Å²) in [5.41, 5.74) is 6.93. The van der Waals surface area contributed by atoms with Crippen LogP contribution in [0, 0.1) is 31.1 Å². The molecule has 9 heteroatoms. The molecule has 0 heterocycles. The summed E-state index contributed by atoms with van der Waals surface area (Å²) < 4.78 is 5.57. The topological polar surface area (TPSA) is 108 Å². The van der Waals surface area contributed by atoms with Crippen LogP contribution in [0.2, 0.25) is 6.32 Å². The number of methoxy groups -OCH3 is 1. The first-order valence-corrected chi connectivity index (χ1v) is 11.7. The lowest BCUT2D eigenvalue weighted by atomic mass is 9.78. The highest BCUT2D eigenvalue weighted by atomic mass is 16.5. The van der Waals surface area contributed by atoms with Gasteiger partial charge in [-0.25, -0.2) is 5.01 Å². The van der Waals surface area contributed by atoms with Crippen LogP contribution >= 0.6 is 0 Å². The summed E-state index contributed by atoms with van der Waals surface area (Å²) in [6.45, 7) is 12.0. The van der Waals surface area contributed by atoms with Gasteiger partial charge in [-0.3, -0.25) is 15.0 Å². The van der Waals surface area contributed by atoms with Crippen molar-refractivity contribution in [1.29, 1.82) is 0 Å². The standard InChI is InChI=1S/C26H36BN3O5/c1-17-13-18(2)15-21(14-17)25(32)30(16-26(4,5)6)28-24(31)22-11-10-20(23(35-7)19(22)3)9-8-12-27(33)29-34/h10-11,13-15,33H,8-9,12,16H2,1-7H3,(H,28,31). The molecule has 35 heavy (non-hydrogen) atoms. The largest absolute Gasteiger partial charge is 0.496 e. The van der Waals surface area contributed by atoms with Crippen LogP contribution in [0.5, 0.6) is 5.75 Å². The van der Waals surface area contributed by atoms with Crippen LogP contribution in [-0.2, 0) is 6.42 Å². The van der Waals surface area contributed by atoms with Crippen molar-refractivity contribution < 1.29 is 19.3 Å². The molecule has 0 aliphatic carbocycles. The van der Waals surface area contributed by atoms with Crippen molar-refractivity contribution in [2.45, 2.75) is 60.7 Å². The van der Waals surface area contributed by atoms with Gasteiger partial charge in [0, 0.05) is 23.2 Å². The van der Waals surface area contributed by atoms with E-state index in [0.717, 1.165) is 16.7 Å². The summed E-state index contributed by atoms with van der Waals surface area (Å²) in [5, 5.41) is 13.3. The fourth-order valence-corrected chi connectivity index (χ4v) is 4.08. The first kappa shape index (κ1) is 28.0. The molecule has 2 rings (SSSR count). The lowest BCUT2D eigenvalue weighted by molar-refractivity contribution is 0.0509. The minimum atomic E-state index is -1.23. The van der Waals surface area contributed by atoms with Crippen LogP contribution in [-0.4, -0.2) is 42.6 Å². The van der Waals surface area contributed by atoms with Gasteiger partial charge in [0.15, 0.2) is 0 Å². The van der Waals surface area contributed by atoms with Crippen molar-refractivity contribution in [2.24, 2.45) is 10.5 Å². The van der Waals surface area contributed by atoms with Crippen LogP contribution in [0.25, 0.3) is 0 Å². The molecule has 188 valence electrons. The molecule has 0 radical (unpaired) electrons. The van der Waals surface area contributed by atoms with Gasteiger partial charge in [-0.1, -0.05) is 50.5 Å². The Hall–Kier alpha value is -3.20. The number of hydrogen-bond donors (Lipinski definition) is 2. The van der Waals surface area contributed by atoms with E-state index in [0.29, 0.717) is 41.8 Å². The Balaban J connectivity index is 2.31. The second kappa shape index (κ2) is 12.0. The van der Waals surface area contributed by atoms with Crippen LogP contribution in [0.4, 0.5) is 0 Å². The third-order valence-electron chi connectivity index (χ3n) is 5.55. The number of carbonyl (C=O) groups excluding carboxylic acids is 2. The average molecular weight is 481 g/mol. The minimum Gasteiger partial charge on any atom is -0.496 e. The number of nitroso groups, excluding NO2 is 1. The predicted octanol–water partition coefficient (Wildman–Crippen LogP) is 4.63. The molecule has 0 saturated carbocycles. The zero-order valence-electron chi connectivity index (χ0n) is 21.8. The van der Waals surface area contributed by atoms with E-state index >= 15 is 0 Å². The smallest absolute Gasteiger partial charge is 0.483 e. The first-order chi connectivity index (χ1) is 16.4. The normalized spacial score (nSPS) is 11.1. The van der Waals surface area contributed by atoms with Gasteiger partial charge in [-0.2, -0.15) is 4.91 Å². The molecule has 8 nitrogen and oxygen atoms in total. The lowest BCUT2D eigenvalue weighted by Crippen LogP contribution is -2.49. The van der Waals surface area contributed by atoms with E-state index in [2.05, 4.69) is 10.5 Å². The number of benzene rings is 2. The summed E-state index contributed by atoms with van der Waals surface area (Å²) in [6.07, 6.45) is 1.34. The van der Waals surface area contributed by atoms with E-state index in [4.69, 9.17) is 4.74 Å². The van der Waals surface area contributed by atoms with Crippen molar-refractivity contribution in [3.63, 3.8) is 0 Å². The highest BCUT2D eigenvalue weighted by molar-refractivity contribution is 6.47. The van der Waals surface area contributed by atoms with Gasteiger partial charge in [0.1, 0.15) is 5.75 Å². The van der Waals surface area contributed by atoms with Crippen molar-refractivity contribution >= 4 is 18.9 Å². The maximum absolute atomic E-state index is 13.4. The number of hydrogen-bond acceptors (Lipinski definition) is 6. The van der Waals surface area contributed by atoms with E-state index in [1.54, 1.807) is 19.1 Å². The molecule has 0 aromatic heterocycles. The predicted molar refractivity (Wildman–Crippen MR) is 139 cm³/mol. The maximum atomic E-state index is 13.4. The molecule has 0 spiro atoms. The number of aryl methyl sites for hydroxylation is 3. The summed E-state index contributed by atoms with van der Waals surface area (Å²) in [6, 6.07) is 9.13. The molecule has 0 saturated heterocycles. The van der Waals surface area contributed by atoms with E-state index < -0.39 is 13.0 Å². The van der Waals surface area contributed by atoms with E-state index in [-0.39, 0.29) is 17.6 Å². The molecule has 0 bridgehead atoms. The Kier molecular flexibility index (Phi) is 9.59. The van der Waals surface area contributed by atoms with Crippen LogP contribution in [0.15, 0.2) is 35.4 Å². The molecule has 2 amide bonds. The van der Waals surface area contributed by atoms with Crippen LogP contribution in [0.1, 0.15) is 70.2 Å². The number of nitrogens with zero attached hydrogens (tertiary/aromatic N) is 2. The van der Waals surface area contributed by atoms with E-state index in [9.17, 15) is 19.5 Å². The Labute approximate surface area is 208 Å². The van der Waals surface area contributed by atoms with Gasteiger partial charge in [0.25, 0.3) is 11.8 Å². The zero-order chi connectivity index (χ0) is 26.3. The molecule has 2 N–H and O–H groups in total. The molecular weight excluding hydrogens is 445 g/mol. The number of hydrazine groups is 1. The Morgan fingerprint density at radius 1 is 1.11 bits per heavy atom. The molecular formula is C26H36BN3O5. The molecule has 2 aromatic carbocycles. The first-order valence-electron chi connectivity index (χ1n) is 11.7. The monoisotopic (exact) mass is 481 g/mol. The van der Waals surface area contributed by atoms with Gasteiger partial charge < -0.3 is 9.76 Å². The fourth-order valence-electron chi connectivity index (χ4n) is 4.08. The molecule has 0 unspecified atom stereocenters. The second-order valence-electron chi connectivity index (χ2n) is 10.2. The highest BCUT2D eigenvalue weighted by Crippen LogP contribution is 2.28. The Bertz CT molecular complexity index is 1060. The molecule has 0 atom stereocenters. The van der Waals surface area contributed by atoms with Crippen molar-refractivity contribution in [3.05, 3.63) is 68.6 Å². The average Bonchev–Trinajstić information content (AvgIpc) is 2.76. The van der Waals surface area contributed by atoms with Crippen molar-refractivity contribution in [1.82, 2.24) is 10.4 Å². The summed E-state index contributed by atoms with van der Waals surface area (Å²) in [7, 11) is 0.306. The number of carbonyl (C=O) groups is 2. The molecule has 0 fully saturated rings. The summed E-state index contributed by atoms with van der Waals surface area (Å²) in [5.74, 6) is -0.118. The number of amides is 2. The number of nitrogens with one attached hydrogen (secondary N) is 1.